The molecule has 2 rings (SSSR count). The van der Waals surface area contributed by atoms with Crippen molar-refractivity contribution < 1.29 is 0 Å². The third-order valence-electron chi connectivity index (χ3n) is 3.23. The first-order valence-corrected chi connectivity index (χ1v) is 7.10. The lowest BCUT2D eigenvalue weighted by Gasteiger charge is -2.25. The molecule has 1 aromatic heterocycles. The normalized spacial score (nSPS) is 13.3. The molecule has 0 N–H and O–H groups in total. The van der Waals surface area contributed by atoms with Crippen LogP contribution in [0.15, 0.2) is 23.6 Å². The molecular formula is C16H22S. The largest absolute Gasteiger partial charge is 0.143 e. The Kier molecular flexibility index (Phi) is 2.86. The van der Waals surface area contributed by atoms with Gasteiger partial charge in [-0.15, -0.1) is 11.3 Å². The van der Waals surface area contributed by atoms with E-state index in [9.17, 15) is 0 Å². The quantitative estimate of drug-likeness (QED) is 0.576. The van der Waals surface area contributed by atoms with Crippen LogP contribution in [0.2, 0.25) is 0 Å². The molecule has 0 aliphatic rings. The molecule has 0 aliphatic heterocycles. The van der Waals surface area contributed by atoms with Crippen LogP contribution in [0.25, 0.3) is 10.1 Å². The van der Waals surface area contributed by atoms with Crippen LogP contribution in [0.1, 0.15) is 52.7 Å². The lowest BCUT2D eigenvalue weighted by molar-refractivity contribution is 0.586. The predicted molar refractivity (Wildman–Crippen MR) is 79.2 cm³/mol. The van der Waals surface area contributed by atoms with Gasteiger partial charge < -0.3 is 0 Å². The molecule has 1 heterocycles. The fourth-order valence-electron chi connectivity index (χ4n) is 2.31. The molecule has 0 radical (unpaired) electrons. The zero-order valence-electron chi connectivity index (χ0n) is 11.7. The maximum atomic E-state index is 2.32. The number of fused-ring (bicyclic) bond motifs is 1. The molecule has 1 aromatic carbocycles. The predicted octanol–water partition coefficient (Wildman–Crippen LogP) is 5.50. The van der Waals surface area contributed by atoms with Gasteiger partial charge in [0.05, 0.1) is 0 Å². The van der Waals surface area contributed by atoms with Gasteiger partial charge in [0, 0.05) is 4.70 Å². The Balaban J connectivity index is 2.76. The van der Waals surface area contributed by atoms with Gasteiger partial charge in [-0.2, -0.15) is 0 Å². The molecule has 0 bridgehead atoms. The van der Waals surface area contributed by atoms with E-state index in [0.29, 0.717) is 0 Å². The fourth-order valence-corrected chi connectivity index (χ4v) is 3.45. The number of hydrogen-bond acceptors (Lipinski definition) is 1. The van der Waals surface area contributed by atoms with Gasteiger partial charge in [0.15, 0.2) is 0 Å². The van der Waals surface area contributed by atoms with Crippen LogP contribution in [0.4, 0.5) is 0 Å². The molecule has 1 heteroatoms. The van der Waals surface area contributed by atoms with Crippen LogP contribution in [0.3, 0.4) is 0 Å². The van der Waals surface area contributed by atoms with Gasteiger partial charge in [0.1, 0.15) is 0 Å². The highest BCUT2D eigenvalue weighted by Gasteiger charge is 2.22. The Hall–Kier alpha value is -0.820. The van der Waals surface area contributed by atoms with Crippen LogP contribution in [-0.2, 0) is 10.8 Å². The first-order chi connectivity index (χ1) is 7.71. The summed E-state index contributed by atoms with van der Waals surface area (Å²) in [5, 5.41) is 3.66. The van der Waals surface area contributed by atoms with Crippen molar-refractivity contribution in [2.75, 3.05) is 0 Å². The molecule has 0 spiro atoms. The molecule has 0 fully saturated rings. The van der Waals surface area contributed by atoms with Crippen molar-refractivity contribution in [3.05, 3.63) is 34.7 Å². The zero-order valence-corrected chi connectivity index (χ0v) is 12.5. The van der Waals surface area contributed by atoms with Crippen molar-refractivity contribution in [1.29, 1.82) is 0 Å². The van der Waals surface area contributed by atoms with Gasteiger partial charge >= 0.3 is 0 Å². The molecule has 0 atom stereocenters. The summed E-state index contributed by atoms with van der Waals surface area (Å²) in [6.07, 6.45) is 0. The standard InChI is InChI=1S/C16H22S/c1-15(2,3)12-7-8-13(16(4,5)6)14-11(12)9-10-17-14/h7-10H,1-6H3. The number of rotatable bonds is 0. The average Bonchev–Trinajstić information content (AvgIpc) is 2.60. The second kappa shape index (κ2) is 3.84. The van der Waals surface area contributed by atoms with Crippen LogP contribution < -0.4 is 0 Å². The lowest BCUT2D eigenvalue weighted by atomic mass is 9.80. The monoisotopic (exact) mass is 246 g/mol. The summed E-state index contributed by atoms with van der Waals surface area (Å²) < 4.78 is 1.46. The topological polar surface area (TPSA) is 0 Å². The molecule has 0 amide bonds. The van der Waals surface area contributed by atoms with Gasteiger partial charge in [-0.25, -0.2) is 0 Å². The first kappa shape index (κ1) is 12.6. The molecular weight excluding hydrogens is 224 g/mol. The van der Waals surface area contributed by atoms with Crippen molar-refractivity contribution in [2.45, 2.75) is 52.4 Å². The summed E-state index contributed by atoms with van der Waals surface area (Å²) in [7, 11) is 0. The van der Waals surface area contributed by atoms with E-state index in [-0.39, 0.29) is 10.8 Å². The second-order valence-electron chi connectivity index (χ2n) is 6.82. The van der Waals surface area contributed by atoms with Crippen molar-refractivity contribution in [2.24, 2.45) is 0 Å². The van der Waals surface area contributed by atoms with E-state index in [0.717, 1.165) is 0 Å². The molecule has 0 saturated heterocycles. The highest BCUT2D eigenvalue weighted by molar-refractivity contribution is 7.17. The summed E-state index contributed by atoms with van der Waals surface area (Å²) >= 11 is 1.87. The Bertz CT molecular complexity index is 485. The Morgan fingerprint density at radius 1 is 0.765 bits per heavy atom. The molecule has 0 saturated carbocycles. The van der Waals surface area contributed by atoms with Gasteiger partial charge in [-0.1, -0.05) is 53.7 Å². The van der Waals surface area contributed by atoms with Crippen molar-refractivity contribution in [3.8, 4) is 0 Å². The minimum Gasteiger partial charge on any atom is -0.143 e. The summed E-state index contributed by atoms with van der Waals surface area (Å²) in [5.41, 5.74) is 3.37. The summed E-state index contributed by atoms with van der Waals surface area (Å²) in [6, 6.07) is 6.91. The van der Waals surface area contributed by atoms with Crippen LogP contribution in [0, 0.1) is 0 Å². The second-order valence-corrected chi connectivity index (χ2v) is 7.74. The molecule has 0 aliphatic carbocycles. The third-order valence-corrected chi connectivity index (χ3v) is 4.18. The number of benzene rings is 1. The highest BCUT2D eigenvalue weighted by atomic mass is 32.1. The van der Waals surface area contributed by atoms with Crippen molar-refractivity contribution >= 4 is 21.4 Å². The van der Waals surface area contributed by atoms with E-state index in [2.05, 4.69) is 65.1 Å². The van der Waals surface area contributed by atoms with Crippen LogP contribution >= 0.6 is 11.3 Å². The van der Waals surface area contributed by atoms with E-state index in [1.807, 2.05) is 11.3 Å². The maximum Gasteiger partial charge on any atom is 0.0383 e. The summed E-state index contributed by atoms with van der Waals surface area (Å²) in [5.74, 6) is 0. The highest BCUT2D eigenvalue weighted by Crippen LogP contribution is 2.38. The molecule has 0 nitrogen and oxygen atoms in total. The van der Waals surface area contributed by atoms with Gasteiger partial charge in [-0.3, -0.25) is 0 Å². The van der Waals surface area contributed by atoms with Crippen LogP contribution in [-0.4, -0.2) is 0 Å². The first-order valence-electron chi connectivity index (χ1n) is 6.22. The molecule has 2 aromatic rings. The summed E-state index contributed by atoms with van der Waals surface area (Å²) in [6.45, 7) is 13.7. The van der Waals surface area contributed by atoms with E-state index in [4.69, 9.17) is 0 Å². The van der Waals surface area contributed by atoms with Gasteiger partial charge in [0.25, 0.3) is 0 Å². The van der Waals surface area contributed by atoms with E-state index in [1.54, 1.807) is 0 Å². The number of hydrogen-bond donors (Lipinski definition) is 0. The lowest BCUT2D eigenvalue weighted by Crippen LogP contribution is -2.15. The van der Waals surface area contributed by atoms with Gasteiger partial charge in [0.2, 0.25) is 0 Å². The van der Waals surface area contributed by atoms with E-state index >= 15 is 0 Å². The maximum absolute atomic E-state index is 2.32. The average molecular weight is 246 g/mol. The SMILES string of the molecule is CC(C)(C)c1ccc(C(C)(C)C)c2sccc12. The minimum atomic E-state index is 0.218. The molecule has 92 valence electrons. The Labute approximate surface area is 109 Å². The minimum absolute atomic E-state index is 0.218. The molecule has 0 unspecified atom stereocenters. The fraction of sp³-hybridized carbons (Fsp3) is 0.500. The smallest absolute Gasteiger partial charge is 0.0383 e. The Morgan fingerprint density at radius 3 is 1.82 bits per heavy atom. The summed E-state index contributed by atoms with van der Waals surface area (Å²) in [4.78, 5) is 0. The van der Waals surface area contributed by atoms with E-state index < -0.39 is 0 Å². The third kappa shape index (κ3) is 2.26. The van der Waals surface area contributed by atoms with Gasteiger partial charge in [-0.05, 0) is 38.8 Å². The Morgan fingerprint density at radius 2 is 1.29 bits per heavy atom. The van der Waals surface area contributed by atoms with Crippen molar-refractivity contribution in [3.63, 3.8) is 0 Å². The van der Waals surface area contributed by atoms with E-state index in [1.165, 1.54) is 21.2 Å². The number of thiophene rings is 1. The zero-order chi connectivity index (χ0) is 12.8. The van der Waals surface area contributed by atoms with Crippen LogP contribution in [0.5, 0.6) is 0 Å². The van der Waals surface area contributed by atoms with Crippen molar-refractivity contribution in [1.82, 2.24) is 0 Å². The molecule has 17 heavy (non-hydrogen) atoms.